The largest absolute Gasteiger partial charge is 0.380 e. The van der Waals surface area contributed by atoms with Crippen LogP contribution < -0.4 is 10.6 Å². The summed E-state index contributed by atoms with van der Waals surface area (Å²) in [5.41, 5.74) is 4.54. The maximum absolute atomic E-state index is 4.34. The third kappa shape index (κ3) is 3.52. The fraction of sp³-hybridized carbons (Fsp3) is 0.222. The second kappa shape index (κ2) is 6.89. The van der Waals surface area contributed by atoms with Gasteiger partial charge in [-0.05, 0) is 42.2 Å². The minimum Gasteiger partial charge on any atom is -0.380 e. The average Bonchev–Trinajstić information content (AvgIpc) is 2.61. The first-order valence-corrected chi connectivity index (χ1v) is 7.54. The standard InChI is InChI=1S/C18H20N4/c1-19-18-10-15(7-8-21-18)16-9-17(13-20-12-16)22-11-14-5-3-2-4-6-14/h3,5-10,12-13,22H,2,4,11H2,1H3,(H,19,21). The maximum atomic E-state index is 4.34. The summed E-state index contributed by atoms with van der Waals surface area (Å²) in [5, 5.41) is 6.50. The Kier molecular flexibility index (Phi) is 4.49. The normalized spacial score (nSPS) is 13.6. The van der Waals surface area contributed by atoms with Crippen molar-refractivity contribution < 1.29 is 0 Å². The van der Waals surface area contributed by atoms with Crippen molar-refractivity contribution in [2.45, 2.75) is 12.8 Å². The zero-order valence-electron chi connectivity index (χ0n) is 12.7. The lowest BCUT2D eigenvalue weighted by Crippen LogP contribution is -2.05. The Morgan fingerprint density at radius 1 is 1.14 bits per heavy atom. The molecule has 0 atom stereocenters. The van der Waals surface area contributed by atoms with E-state index >= 15 is 0 Å². The molecule has 0 aromatic carbocycles. The SMILES string of the molecule is CNc1cc(-c2cncc(NCC3=CCCC=C3)c2)ccn1. The highest BCUT2D eigenvalue weighted by Gasteiger charge is 2.03. The van der Waals surface area contributed by atoms with E-state index in [1.54, 1.807) is 6.20 Å². The number of nitrogens with one attached hydrogen (secondary N) is 2. The van der Waals surface area contributed by atoms with Crippen LogP contribution in [0.25, 0.3) is 11.1 Å². The number of hydrogen-bond donors (Lipinski definition) is 2. The highest BCUT2D eigenvalue weighted by Crippen LogP contribution is 2.23. The molecule has 2 N–H and O–H groups in total. The van der Waals surface area contributed by atoms with Gasteiger partial charge in [0.05, 0.1) is 5.69 Å². The summed E-state index contributed by atoms with van der Waals surface area (Å²) in [6.45, 7) is 0.833. The van der Waals surface area contributed by atoms with Gasteiger partial charge in [-0.15, -0.1) is 0 Å². The van der Waals surface area contributed by atoms with Crippen LogP contribution in [0.1, 0.15) is 12.8 Å². The third-order valence-corrected chi connectivity index (χ3v) is 3.66. The summed E-state index contributed by atoms with van der Waals surface area (Å²) >= 11 is 0. The molecule has 2 aromatic rings. The van der Waals surface area contributed by atoms with Gasteiger partial charge in [0.1, 0.15) is 5.82 Å². The Morgan fingerprint density at radius 3 is 2.91 bits per heavy atom. The van der Waals surface area contributed by atoms with Crippen LogP contribution in [-0.2, 0) is 0 Å². The zero-order chi connectivity index (χ0) is 15.2. The van der Waals surface area contributed by atoms with E-state index in [1.807, 2.05) is 31.6 Å². The van der Waals surface area contributed by atoms with E-state index in [-0.39, 0.29) is 0 Å². The van der Waals surface area contributed by atoms with Gasteiger partial charge in [0.2, 0.25) is 0 Å². The molecule has 4 nitrogen and oxygen atoms in total. The molecule has 0 bridgehead atoms. The van der Waals surface area contributed by atoms with Crippen molar-refractivity contribution >= 4 is 11.5 Å². The van der Waals surface area contributed by atoms with E-state index < -0.39 is 0 Å². The predicted molar refractivity (Wildman–Crippen MR) is 92.0 cm³/mol. The van der Waals surface area contributed by atoms with E-state index in [9.17, 15) is 0 Å². The number of allylic oxidation sites excluding steroid dienone is 2. The van der Waals surface area contributed by atoms with E-state index in [0.717, 1.165) is 42.0 Å². The average molecular weight is 292 g/mol. The lowest BCUT2D eigenvalue weighted by molar-refractivity contribution is 1.00. The number of aromatic nitrogens is 2. The van der Waals surface area contributed by atoms with Crippen LogP contribution in [0, 0.1) is 0 Å². The van der Waals surface area contributed by atoms with E-state index in [1.165, 1.54) is 5.57 Å². The van der Waals surface area contributed by atoms with Crippen molar-refractivity contribution in [3.63, 3.8) is 0 Å². The topological polar surface area (TPSA) is 49.8 Å². The van der Waals surface area contributed by atoms with Crippen molar-refractivity contribution in [1.29, 1.82) is 0 Å². The molecule has 0 spiro atoms. The highest BCUT2D eigenvalue weighted by molar-refractivity contribution is 5.68. The van der Waals surface area contributed by atoms with Crippen LogP contribution in [0.4, 0.5) is 11.5 Å². The third-order valence-electron chi connectivity index (χ3n) is 3.66. The molecule has 0 saturated heterocycles. The van der Waals surface area contributed by atoms with Crippen LogP contribution in [0.3, 0.4) is 0 Å². The van der Waals surface area contributed by atoms with Crippen LogP contribution >= 0.6 is 0 Å². The first-order valence-electron chi connectivity index (χ1n) is 7.54. The van der Waals surface area contributed by atoms with Gasteiger partial charge in [0.15, 0.2) is 0 Å². The van der Waals surface area contributed by atoms with Crippen molar-refractivity contribution in [3.8, 4) is 11.1 Å². The summed E-state index contributed by atoms with van der Waals surface area (Å²) in [6.07, 6.45) is 14.5. The molecular weight excluding hydrogens is 272 g/mol. The molecule has 4 heteroatoms. The Morgan fingerprint density at radius 2 is 2.09 bits per heavy atom. The lowest BCUT2D eigenvalue weighted by atomic mass is 10.1. The smallest absolute Gasteiger partial charge is 0.126 e. The minimum atomic E-state index is 0.833. The Balaban J connectivity index is 1.74. The molecule has 112 valence electrons. The minimum absolute atomic E-state index is 0.833. The van der Waals surface area contributed by atoms with Crippen LogP contribution in [0.5, 0.6) is 0 Å². The molecule has 3 rings (SSSR count). The van der Waals surface area contributed by atoms with Crippen LogP contribution in [-0.4, -0.2) is 23.6 Å². The van der Waals surface area contributed by atoms with Gasteiger partial charge in [0.25, 0.3) is 0 Å². The van der Waals surface area contributed by atoms with E-state index in [4.69, 9.17) is 0 Å². The van der Waals surface area contributed by atoms with E-state index in [2.05, 4.69) is 44.9 Å². The molecule has 2 heterocycles. The summed E-state index contributed by atoms with van der Waals surface area (Å²) in [4.78, 5) is 8.58. The quantitative estimate of drug-likeness (QED) is 0.878. The maximum Gasteiger partial charge on any atom is 0.126 e. The molecule has 0 aliphatic heterocycles. The van der Waals surface area contributed by atoms with Gasteiger partial charge in [-0.3, -0.25) is 4.98 Å². The summed E-state index contributed by atoms with van der Waals surface area (Å²) < 4.78 is 0. The van der Waals surface area contributed by atoms with Crippen molar-refractivity contribution in [1.82, 2.24) is 9.97 Å². The van der Waals surface area contributed by atoms with Gasteiger partial charge in [-0.1, -0.05) is 18.2 Å². The number of hydrogen-bond acceptors (Lipinski definition) is 4. The first-order chi connectivity index (χ1) is 10.8. The van der Waals surface area contributed by atoms with Crippen LogP contribution in [0.15, 0.2) is 60.6 Å². The lowest BCUT2D eigenvalue weighted by Gasteiger charge is -2.11. The molecular formula is C18H20N4. The van der Waals surface area contributed by atoms with E-state index in [0.29, 0.717) is 0 Å². The van der Waals surface area contributed by atoms with Gasteiger partial charge in [-0.25, -0.2) is 4.98 Å². The fourth-order valence-corrected chi connectivity index (χ4v) is 2.44. The second-order valence-electron chi connectivity index (χ2n) is 5.25. The summed E-state index contributed by atoms with van der Waals surface area (Å²) in [6, 6.07) is 6.14. The summed E-state index contributed by atoms with van der Waals surface area (Å²) in [5.74, 6) is 0.855. The van der Waals surface area contributed by atoms with Crippen molar-refractivity contribution in [2.24, 2.45) is 0 Å². The summed E-state index contributed by atoms with van der Waals surface area (Å²) in [7, 11) is 1.87. The second-order valence-corrected chi connectivity index (χ2v) is 5.25. The van der Waals surface area contributed by atoms with Gasteiger partial charge in [0, 0.05) is 37.7 Å². The molecule has 1 aliphatic carbocycles. The fourth-order valence-electron chi connectivity index (χ4n) is 2.44. The molecule has 0 unspecified atom stereocenters. The number of nitrogens with zero attached hydrogens (tertiary/aromatic N) is 2. The molecule has 0 saturated carbocycles. The predicted octanol–water partition coefficient (Wildman–Crippen LogP) is 3.87. The molecule has 22 heavy (non-hydrogen) atoms. The molecule has 2 aromatic heterocycles. The van der Waals surface area contributed by atoms with Crippen molar-refractivity contribution in [2.75, 3.05) is 24.2 Å². The Bertz CT molecular complexity index is 704. The highest BCUT2D eigenvalue weighted by atomic mass is 14.9. The van der Waals surface area contributed by atoms with Crippen LogP contribution in [0.2, 0.25) is 0 Å². The number of rotatable bonds is 5. The Hall–Kier alpha value is -2.62. The van der Waals surface area contributed by atoms with Crippen molar-refractivity contribution in [3.05, 3.63) is 60.6 Å². The van der Waals surface area contributed by atoms with Gasteiger partial charge >= 0.3 is 0 Å². The first kappa shape index (κ1) is 14.3. The molecule has 0 fully saturated rings. The Labute approximate surface area is 131 Å². The van der Waals surface area contributed by atoms with Gasteiger partial charge in [-0.2, -0.15) is 0 Å². The zero-order valence-corrected chi connectivity index (χ0v) is 12.7. The van der Waals surface area contributed by atoms with Gasteiger partial charge < -0.3 is 10.6 Å². The molecule has 1 aliphatic rings. The molecule has 0 radical (unpaired) electrons. The monoisotopic (exact) mass is 292 g/mol. The number of pyridine rings is 2. The number of anilines is 2. The molecule has 0 amide bonds.